The molecule has 442 valence electrons. The molecule has 3 atom stereocenters. The highest BCUT2D eigenvalue weighted by atomic mass is 31.2. The van der Waals surface area contributed by atoms with Crippen molar-refractivity contribution < 1.29 is 37.3 Å². The Kier molecular flexibility index (Phi) is 54.2. The average Bonchev–Trinajstić information content (AvgIpc) is 3.37. The summed E-state index contributed by atoms with van der Waals surface area (Å²) >= 11 is 0. The van der Waals surface area contributed by atoms with Crippen LogP contribution in [0.15, 0.2) is 36.5 Å². The highest BCUT2D eigenvalue weighted by Gasteiger charge is 2.27. The molecule has 0 fully saturated rings. The van der Waals surface area contributed by atoms with E-state index in [1.165, 1.54) is 212 Å². The summed E-state index contributed by atoms with van der Waals surface area (Å²) in [5.41, 5.74) is 0. The van der Waals surface area contributed by atoms with Gasteiger partial charge in [0.2, 0.25) is 5.91 Å². The zero-order valence-electron chi connectivity index (χ0n) is 50.5. The predicted octanol–water partition coefficient (Wildman–Crippen LogP) is 19.3. The van der Waals surface area contributed by atoms with E-state index in [0.717, 1.165) is 70.6 Å². The average molecular weight is 1080 g/mol. The first-order valence-corrected chi connectivity index (χ1v) is 33.8. The van der Waals surface area contributed by atoms with E-state index < -0.39 is 20.0 Å². The number of carbonyl (C=O) groups excluding carboxylic acids is 2. The van der Waals surface area contributed by atoms with Gasteiger partial charge in [-0.15, -0.1) is 0 Å². The van der Waals surface area contributed by atoms with Gasteiger partial charge >= 0.3 is 5.97 Å². The number of hydrogen-bond acceptors (Lipinski definition) is 7. The largest absolute Gasteiger partial charge is 0.756 e. The number of allylic oxidation sites excluding steroid dienone is 5. The Balaban J connectivity index is 5.14. The Bertz CT molecular complexity index is 1380. The molecule has 0 aromatic rings. The van der Waals surface area contributed by atoms with E-state index in [2.05, 4.69) is 50.4 Å². The lowest BCUT2D eigenvalue weighted by Gasteiger charge is -2.30. The molecule has 0 aliphatic carbocycles. The van der Waals surface area contributed by atoms with Gasteiger partial charge in [0.25, 0.3) is 7.82 Å². The number of esters is 1. The number of carbonyl (C=O) groups is 2. The molecule has 3 unspecified atom stereocenters. The zero-order chi connectivity index (χ0) is 55.0. The topological polar surface area (TPSA) is 114 Å². The summed E-state index contributed by atoms with van der Waals surface area (Å²) in [6, 6.07) is -0.888. The first-order valence-electron chi connectivity index (χ1n) is 32.3. The Morgan fingerprint density at radius 2 is 0.773 bits per heavy atom. The van der Waals surface area contributed by atoms with Crippen LogP contribution in [0, 0.1) is 0 Å². The maximum absolute atomic E-state index is 13.5. The number of likely N-dealkylation sites (N-methyl/N-ethyl adjacent to an activating group) is 1. The van der Waals surface area contributed by atoms with Gasteiger partial charge < -0.3 is 28.5 Å². The minimum absolute atomic E-state index is 0.0214. The smallest absolute Gasteiger partial charge is 0.306 e. The molecule has 0 radical (unpaired) electrons. The predicted molar refractivity (Wildman–Crippen MR) is 321 cm³/mol. The Morgan fingerprint density at radius 3 is 1.13 bits per heavy atom. The van der Waals surface area contributed by atoms with Crippen LogP contribution in [-0.2, 0) is 27.9 Å². The Morgan fingerprint density at radius 1 is 0.453 bits per heavy atom. The molecule has 0 aromatic carbocycles. The zero-order valence-corrected chi connectivity index (χ0v) is 51.4. The Labute approximate surface area is 466 Å². The van der Waals surface area contributed by atoms with Crippen molar-refractivity contribution >= 4 is 19.7 Å². The monoisotopic (exact) mass is 1080 g/mol. The van der Waals surface area contributed by atoms with E-state index in [1.807, 2.05) is 33.3 Å². The molecular weight excluding hydrogens is 952 g/mol. The second kappa shape index (κ2) is 55.5. The molecule has 0 spiro atoms. The van der Waals surface area contributed by atoms with Crippen molar-refractivity contribution in [3.05, 3.63) is 36.5 Å². The molecule has 9 nitrogen and oxygen atoms in total. The minimum Gasteiger partial charge on any atom is -0.756 e. The van der Waals surface area contributed by atoms with Crippen molar-refractivity contribution in [1.82, 2.24) is 5.32 Å². The first kappa shape index (κ1) is 73.2. The molecule has 75 heavy (non-hydrogen) atoms. The fourth-order valence-electron chi connectivity index (χ4n) is 9.51. The van der Waals surface area contributed by atoms with Crippen LogP contribution >= 0.6 is 7.82 Å². The molecule has 0 aromatic heterocycles. The molecule has 0 heterocycles. The first-order chi connectivity index (χ1) is 36.4. The van der Waals surface area contributed by atoms with Crippen LogP contribution < -0.4 is 10.2 Å². The summed E-state index contributed by atoms with van der Waals surface area (Å²) < 4.78 is 30.3. The summed E-state index contributed by atoms with van der Waals surface area (Å²) in [7, 11) is 1.19. The molecule has 10 heteroatoms. The summed E-state index contributed by atoms with van der Waals surface area (Å²) in [4.78, 5) is 40.0. The van der Waals surface area contributed by atoms with E-state index in [9.17, 15) is 19.0 Å². The van der Waals surface area contributed by atoms with E-state index in [0.29, 0.717) is 17.4 Å². The van der Waals surface area contributed by atoms with Gasteiger partial charge in [0.1, 0.15) is 19.3 Å². The normalized spacial score (nSPS) is 13.9. The molecule has 0 aliphatic rings. The lowest BCUT2D eigenvalue weighted by molar-refractivity contribution is -0.870. The molecular formula is C65H125N2O7P. The Hall–Kier alpha value is -1.77. The van der Waals surface area contributed by atoms with Crippen molar-refractivity contribution in [3.63, 3.8) is 0 Å². The fourth-order valence-corrected chi connectivity index (χ4v) is 10.2. The van der Waals surface area contributed by atoms with Gasteiger partial charge in [0.05, 0.1) is 33.8 Å². The van der Waals surface area contributed by atoms with Gasteiger partial charge in [-0.05, 0) is 83.1 Å². The summed E-state index contributed by atoms with van der Waals surface area (Å²) in [6.07, 6.45) is 66.8. The van der Waals surface area contributed by atoms with Gasteiger partial charge in [-0.1, -0.05) is 257 Å². The molecule has 0 saturated heterocycles. The number of nitrogens with one attached hydrogen (secondary N) is 1. The lowest BCUT2D eigenvalue weighted by Crippen LogP contribution is -2.47. The van der Waals surface area contributed by atoms with E-state index in [1.54, 1.807) is 0 Å². The van der Waals surface area contributed by atoms with Crippen molar-refractivity contribution in [2.75, 3.05) is 40.9 Å². The van der Waals surface area contributed by atoms with Crippen LogP contribution in [0.25, 0.3) is 0 Å². The van der Waals surface area contributed by atoms with Gasteiger partial charge in [-0.3, -0.25) is 14.2 Å². The fraction of sp³-hybridized carbons (Fsp3) is 0.877. The molecule has 0 rings (SSSR count). The third-order valence-electron chi connectivity index (χ3n) is 14.5. The van der Waals surface area contributed by atoms with E-state index in [-0.39, 0.29) is 31.5 Å². The summed E-state index contributed by atoms with van der Waals surface area (Å²) in [5, 5.41) is 3.03. The summed E-state index contributed by atoms with van der Waals surface area (Å²) in [5.74, 6) is -0.535. The van der Waals surface area contributed by atoms with Gasteiger partial charge in [-0.2, -0.15) is 0 Å². The number of phosphoric acid groups is 1. The third-order valence-corrected chi connectivity index (χ3v) is 15.5. The van der Waals surface area contributed by atoms with Crippen LogP contribution in [0.4, 0.5) is 0 Å². The van der Waals surface area contributed by atoms with Crippen LogP contribution in [0.2, 0.25) is 0 Å². The van der Waals surface area contributed by atoms with Crippen LogP contribution in [-0.4, -0.2) is 69.4 Å². The van der Waals surface area contributed by atoms with Gasteiger partial charge in [0.15, 0.2) is 0 Å². The van der Waals surface area contributed by atoms with Crippen molar-refractivity contribution in [2.45, 2.75) is 328 Å². The minimum atomic E-state index is -4.70. The second-order valence-corrected chi connectivity index (χ2v) is 24.7. The highest BCUT2D eigenvalue weighted by molar-refractivity contribution is 7.45. The number of rotatable bonds is 59. The number of ether oxygens (including phenoxy) is 1. The van der Waals surface area contributed by atoms with Crippen LogP contribution in [0.1, 0.15) is 316 Å². The maximum atomic E-state index is 13.5. The summed E-state index contributed by atoms with van der Waals surface area (Å²) in [6.45, 7) is 6.86. The van der Waals surface area contributed by atoms with Crippen molar-refractivity contribution in [3.8, 4) is 0 Å². The van der Waals surface area contributed by atoms with Crippen molar-refractivity contribution in [1.29, 1.82) is 0 Å². The number of quaternary nitrogens is 1. The molecule has 1 amide bonds. The molecule has 0 bridgehead atoms. The molecule has 1 N–H and O–H groups in total. The highest BCUT2D eigenvalue weighted by Crippen LogP contribution is 2.38. The van der Waals surface area contributed by atoms with Gasteiger partial charge in [-0.25, -0.2) is 0 Å². The number of hydrogen-bond donors (Lipinski definition) is 1. The molecule has 0 saturated carbocycles. The van der Waals surface area contributed by atoms with E-state index in [4.69, 9.17) is 13.8 Å². The number of phosphoric ester groups is 1. The molecule has 0 aliphatic heterocycles. The van der Waals surface area contributed by atoms with Crippen LogP contribution in [0.5, 0.6) is 0 Å². The third kappa shape index (κ3) is 56.8. The number of unbranched alkanes of at least 4 members (excludes halogenated alkanes) is 39. The maximum Gasteiger partial charge on any atom is 0.306 e. The van der Waals surface area contributed by atoms with Gasteiger partial charge in [0, 0.05) is 12.8 Å². The number of nitrogens with zero attached hydrogens (tertiary/aromatic N) is 1. The number of amides is 1. The van der Waals surface area contributed by atoms with Crippen LogP contribution in [0.3, 0.4) is 0 Å². The van der Waals surface area contributed by atoms with Crippen molar-refractivity contribution in [2.24, 2.45) is 0 Å². The second-order valence-electron chi connectivity index (χ2n) is 23.3. The lowest BCUT2D eigenvalue weighted by atomic mass is 10.0. The van der Waals surface area contributed by atoms with E-state index >= 15 is 0 Å². The SMILES string of the molecule is CCCCCCCC/C=C/CCCCCCCCCCCCCC(=O)OC(/C=C/CCCCCCCCCCC)C(COP(=O)([O-])OCC[N+](C)(C)C)NC(=O)CCCCCCCCC/C=C/CCCCCCCC. The quantitative estimate of drug-likeness (QED) is 0.0212. The standard InChI is InChI=1S/C65H125N2O7P/c1-7-10-13-16-19-22-25-27-29-31-32-33-34-36-38-40-43-46-49-52-55-58-65(69)74-63(56-53-50-47-44-41-24-21-18-15-12-9-3)62(61-73-75(70,71)72-60-59-67(4,5)6)66-64(68)57-54-51-48-45-42-39-37-35-30-28-26-23-20-17-14-11-8-2/h27-30,53,56,62-63H,7-26,31-52,54-55,57-61H2,1-6H3,(H-,66,68,70,71)/b29-27+,30-28+,56-53+.